The Labute approximate surface area is 149 Å². The summed E-state index contributed by atoms with van der Waals surface area (Å²) in [7, 11) is 0. The molecule has 2 aromatic rings. The van der Waals surface area contributed by atoms with Crippen LogP contribution in [0, 0.1) is 20.8 Å². The minimum Gasteiger partial charge on any atom is -0.378 e. The van der Waals surface area contributed by atoms with Gasteiger partial charge in [-0.1, -0.05) is 17.7 Å². The van der Waals surface area contributed by atoms with Gasteiger partial charge >= 0.3 is 0 Å². The molecule has 2 heterocycles. The summed E-state index contributed by atoms with van der Waals surface area (Å²) in [5.41, 5.74) is 5.69. The number of carbonyl (C=O) groups excluding carboxylic acids is 1. The number of amides is 1. The lowest BCUT2D eigenvalue weighted by Gasteiger charge is -2.28. The van der Waals surface area contributed by atoms with Gasteiger partial charge in [-0.2, -0.15) is 0 Å². The highest BCUT2D eigenvalue weighted by Crippen LogP contribution is 2.19. The molecule has 0 aliphatic carbocycles. The van der Waals surface area contributed by atoms with E-state index in [4.69, 9.17) is 4.74 Å². The van der Waals surface area contributed by atoms with Crippen LogP contribution >= 0.6 is 0 Å². The number of anilines is 2. The third kappa shape index (κ3) is 4.37. The molecule has 5 nitrogen and oxygen atoms in total. The van der Waals surface area contributed by atoms with Crippen LogP contribution in [0.1, 0.15) is 22.3 Å². The van der Waals surface area contributed by atoms with Crippen LogP contribution in [0.4, 0.5) is 11.5 Å². The van der Waals surface area contributed by atoms with Gasteiger partial charge in [0.15, 0.2) is 0 Å². The highest BCUT2D eigenvalue weighted by atomic mass is 16.5. The molecule has 0 atom stereocenters. The number of pyridine rings is 1. The van der Waals surface area contributed by atoms with Crippen LogP contribution in [0.2, 0.25) is 0 Å². The van der Waals surface area contributed by atoms with Gasteiger partial charge in [-0.25, -0.2) is 4.98 Å². The van der Waals surface area contributed by atoms with Crippen molar-refractivity contribution in [2.45, 2.75) is 27.2 Å². The van der Waals surface area contributed by atoms with Crippen LogP contribution in [0.5, 0.6) is 0 Å². The van der Waals surface area contributed by atoms with Crippen molar-refractivity contribution in [2.75, 3.05) is 36.5 Å². The average molecular weight is 339 g/mol. The first-order valence-corrected chi connectivity index (χ1v) is 8.68. The van der Waals surface area contributed by atoms with E-state index in [2.05, 4.69) is 48.1 Å². The molecule has 1 aromatic carbocycles. The van der Waals surface area contributed by atoms with E-state index in [1.807, 2.05) is 18.3 Å². The van der Waals surface area contributed by atoms with E-state index < -0.39 is 0 Å². The lowest BCUT2D eigenvalue weighted by atomic mass is 9.97. The molecule has 1 fully saturated rings. The second-order valence-corrected chi connectivity index (χ2v) is 6.60. The fourth-order valence-corrected chi connectivity index (χ4v) is 3.30. The van der Waals surface area contributed by atoms with Gasteiger partial charge in [0.2, 0.25) is 5.91 Å². The zero-order valence-electron chi connectivity index (χ0n) is 15.1. The Morgan fingerprint density at radius 2 is 1.84 bits per heavy atom. The number of rotatable bonds is 4. The Kier molecular flexibility index (Phi) is 5.34. The van der Waals surface area contributed by atoms with Crippen LogP contribution in [-0.4, -0.2) is 37.2 Å². The van der Waals surface area contributed by atoms with Gasteiger partial charge in [0.1, 0.15) is 5.82 Å². The smallest absolute Gasteiger partial charge is 0.229 e. The normalized spacial score (nSPS) is 14.4. The first-order chi connectivity index (χ1) is 12.0. The summed E-state index contributed by atoms with van der Waals surface area (Å²) in [6.07, 6.45) is 2.17. The lowest BCUT2D eigenvalue weighted by Crippen LogP contribution is -2.36. The topological polar surface area (TPSA) is 54.5 Å². The van der Waals surface area contributed by atoms with Crippen molar-refractivity contribution in [2.24, 2.45) is 0 Å². The Hall–Kier alpha value is -2.40. The second-order valence-electron chi connectivity index (χ2n) is 6.60. The maximum atomic E-state index is 12.4. The predicted octanol–water partition coefficient (Wildman–Crippen LogP) is 3.02. The van der Waals surface area contributed by atoms with E-state index >= 15 is 0 Å². The maximum Gasteiger partial charge on any atom is 0.229 e. The number of aromatic nitrogens is 1. The van der Waals surface area contributed by atoms with Gasteiger partial charge in [0.25, 0.3) is 0 Å². The quantitative estimate of drug-likeness (QED) is 0.930. The summed E-state index contributed by atoms with van der Waals surface area (Å²) in [6, 6.07) is 8.09. The molecule has 132 valence electrons. The molecular formula is C20H25N3O2. The van der Waals surface area contributed by atoms with Gasteiger partial charge < -0.3 is 15.0 Å². The molecule has 1 N–H and O–H groups in total. The Balaban J connectivity index is 1.63. The summed E-state index contributed by atoms with van der Waals surface area (Å²) in [4.78, 5) is 19.0. The lowest BCUT2D eigenvalue weighted by molar-refractivity contribution is -0.115. The first-order valence-electron chi connectivity index (χ1n) is 8.68. The number of carbonyl (C=O) groups is 1. The van der Waals surface area contributed by atoms with E-state index in [1.165, 1.54) is 5.56 Å². The second kappa shape index (κ2) is 7.66. The Bertz CT molecular complexity index is 727. The van der Waals surface area contributed by atoms with E-state index in [9.17, 15) is 4.79 Å². The number of hydrogen-bond acceptors (Lipinski definition) is 4. The van der Waals surface area contributed by atoms with Crippen molar-refractivity contribution in [3.8, 4) is 0 Å². The van der Waals surface area contributed by atoms with Crippen molar-refractivity contribution in [1.29, 1.82) is 0 Å². The number of aryl methyl sites for hydroxylation is 3. The fraction of sp³-hybridized carbons (Fsp3) is 0.400. The highest BCUT2D eigenvalue weighted by molar-refractivity contribution is 5.91. The summed E-state index contributed by atoms with van der Waals surface area (Å²) >= 11 is 0. The number of nitrogens with zero attached hydrogens (tertiary/aromatic N) is 2. The van der Waals surface area contributed by atoms with Crippen molar-refractivity contribution in [3.05, 3.63) is 52.7 Å². The molecule has 0 unspecified atom stereocenters. The molecule has 1 saturated heterocycles. The number of ether oxygens (including phenoxy) is 1. The SMILES string of the molecule is Cc1cc(C)c(CC(=O)Nc2ccc(N3CCOCC3)cn2)c(C)c1. The summed E-state index contributed by atoms with van der Waals surface area (Å²) in [5, 5.41) is 2.90. The van der Waals surface area contributed by atoms with Crippen LogP contribution in [-0.2, 0) is 16.0 Å². The Morgan fingerprint density at radius 1 is 1.16 bits per heavy atom. The van der Waals surface area contributed by atoms with Crippen molar-refractivity contribution >= 4 is 17.4 Å². The molecular weight excluding hydrogens is 314 g/mol. The molecule has 1 aliphatic heterocycles. The molecule has 25 heavy (non-hydrogen) atoms. The number of benzene rings is 1. The van der Waals surface area contributed by atoms with Gasteiger partial charge in [-0.15, -0.1) is 0 Å². The molecule has 5 heteroatoms. The zero-order chi connectivity index (χ0) is 17.8. The Morgan fingerprint density at radius 3 is 2.44 bits per heavy atom. The molecule has 0 spiro atoms. The number of morpholine rings is 1. The predicted molar refractivity (Wildman–Crippen MR) is 100 cm³/mol. The maximum absolute atomic E-state index is 12.4. The summed E-state index contributed by atoms with van der Waals surface area (Å²) in [6.45, 7) is 9.42. The van der Waals surface area contributed by atoms with Gasteiger partial charge in [0, 0.05) is 13.1 Å². The highest BCUT2D eigenvalue weighted by Gasteiger charge is 2.13. The molecule has 3 rings (SSSR count). The molecule has 1 amide bonds. The summed E-state index contributed by atoms with van der Waals surface area (Å²) < 4.78 is 5.36. The fourth-order valence-electron chi connectivity index (χ4n) is 3.30. The first kappa shape index (κ1) is 17.4. The summed E-state index contributed by atoms with van der Waals surface area (Å²) in [5.74, 6) is 0.547. The third-order valence-electron chi connectivity index (χ3n) is 4.57. The minimum absolute atomic E-state index is 0.0401. The monoisotopic (exact) mass is 339 g/mol. The van der Waals surface area contributed by atoms with Crippen LogP contribution < -0.4 is 10.2 Å². The average Bonchev–Trinajstić information content (AvgIpc) is 2.59. The van der Waals surface area contributed by atoms with Crippen LogP contribution in [0.15, 0.2) is 30.5 Å². The van der Waals surface area contributed by atoms with E-state index in [0.29, 0.717) is 12.2 Å². The zero-order valence-corrected chi connectivity index (χ0v) is 15.1. The van der Waals surface area contributed by atoms with Gasteiger partial charge in [0.05, 0.1) is 31.5 Å². The molecule has 0 radical (unpaired) electrons. The van der Waals surface area contributed by atoms with Crippen molar-refractivity contribution in [1.82, 2.24) is 4.98 Å². The van der Waals surface area contributed by atoms with Gasteiger partial charge in [-0.05, 0) is 49.6 Å². The standard InChI is InChI=1S/C20H25N3O2/c1-14-10-15(2)18(16(3)11-14)12-20(24)22-19-5-4-17(13-21-19)23-6-8-25-9-7-23/h4-5,10-11,13H,6-9,12H2,1-3H3,(H,21,22,24). The van der Waals surface area contributed by atoms with Crippen molar-refractivity contribution < 1.29 is 9.53 Å². The largest absolute Gasteiger partial charge is 0.378 e. The van der Waals surface area contributed by atoms with Gasteiger partial charge in [-0.3, -0.25) is 4.79 Å². The molecule has 0 bridgehead atoms. The van der Waals surface area contributed by atoms with Crippen LogP contribution in [0.25, 0.3) is 0 Å². The minimum atomic E-state index is -0.0401. The molecule has 0 saturated carbocycles. The van der Waals surface area contributed by atoms with E-state index in [-0.39, 0.29) is 5.91 Å². The molecule has 1 aromatic heterocycles. The van der Waals surface area contributed by atoms with Crippen molar-refractivity contribution in [3.63, 3.8) is 0 Å². The third-order valence-corrected chi connectivity index (χ3v) is 4.57. The van der Waals surface area contributed by atoms with E-state index in [1.54, 1.807) is 0 Å². The molecule has 1 aliphatic rings. The number of nitrogens with one attached hydrogen (secondary N) is 1. The van der Waals surface area contributed by atoms with Crippen LogP contribution in [0.3, 0.4) is 0 Å². The van der Waals surface area contributed by atoms with E-state index in [0.717, 1.165) is 48.7 Å². The number of hydrogen-bond donors (Lipinski definition) is 1.